The van der Waals surface area contributed by atoms with E-state index >= 15 is 0 Å². The van der Waals surface area contributed by atoms with E-state index in [1.54, 1.807) is 0 Å². The molecule has 1 aliphatic heterocycles. The van der Waals surface area contributed by atoms with Gasteiger partial charge in [-0.25, -0.2) is 9.97 Å². The third-order valence-electron chi connectivity index (χ3n) is 7.56. The van der Waals surface area contributed by atoms with Crippen molar-refractivity contribution in [2.24, 2.45) is 0 Å². The number of hydrogen-bond donors (Lipinski definition) is 0. The minimum Gasteiger partial charge on any atom is -0.245 e. The molecule has 0 fully saturated rings. The van der Waals surface area contributed by atoms with E-state index in [9.17, 15) is 0 Å². The summed E-state index contributed by atoms with van der Waals surface area (Å²) in [6.45, 7) is 4.62. The van der Waals surface area contributed by atoms with Crippen molar-refractivity contribution in [3.05, 3.63) is 120 Å². The Morgan fingerprint density at radius 3 is 1.89 bits per heavy atom. The predicted molar refractivity (Wildman–Crippen MR) is 155 cm³/mol. The predicted octanol–water partition coefficient (Wildman–Crippen LogP) is 8.78. The van der Waals surface area contributed by atoms with Gasteiger partial charge in [0.15, 0.2) is 0 Å². The van der Waals surface area contributed by atoms with Crippen molar-refractivity contribution in [1.29, 1.82) is 5.26 Å². The van der Waals surface area contributed by atoms with Crippen LogP contribution >= 0.6 is 11.8 Å². The lowest BCUT2D eigenvalue weighted by Crippen LogP contribution is -2.23. The summed E-state index contributed by atoms with van der Waals surface area (Å²) in [4.78, 5) is 12.8. The van der Waals surface area contributed by atoms with Gasteiger partial charge >= 0.3 is 0 Å². The molecule has 180 valence electrons. The molecule has 0 aliphatic carbocycles. The Kier molecular flexibility index (Phi) is 5.11. The van der Waals surface area contributed by atoms with Crippen LogP contribution in [0.1, 0.15) is 30.5 Å². The highest BCUT2D eigenvalue weighted by molar-refractivity contribution is 7.99. The second-order valence-corrected chi connectivity index (χ2v) is 11.3. The zero-order valence-electron chi connectivity index (χ0n) is 21.1. The van der Waals surface area contributed by atoms with Gasteiger partial charge in [0.2, 0.25) is 0 Å². The molecule has 0 saturated carbocycles. The fraction of sp³-hybridized carbons (Fsp3) is 0.0882. The molecule has 0 spiro atoms. The maximum absolute atomic E-state index is 9.14. The van der Waals surface area contributed by atoms with Crippen LogP contribution in [0.25, 0.3) is 44.3 Å². The first kappa shape index (κ1) is 22.7. The van der Waals surface area contributed by atoms with E-state index in [0.29, 0.717) is 5.56 Å². The Hall–Kier alpha value is -4.46. The SMILES string of the molecule is CC1(C)c2ccccc2Sc2ccc(-c3ccc4ccc5ccc(-c6ccc(C#N)cc6)nc5c4n3)cc21. The summed E-state index contributed by atoms with van der Waals surface area (Å²) in [5, 5.41) is 11.3. The third kappa shape index (κ3) is 3.59. The van der Waals surface area contributed by atoms with E-state index in [2.05, 4.69) is 92.7 Å². The fourth-order valence-corrected chi connectivity index (χ4v) is 6.78. The molecule has 0 unspecified atom stereocenters. The number of pyridine rings is 2. The monoisotopic (exact) mass is 505 g/mol. The molecule has 6 aromatic rings. The average molecular weight is 506 g/mol. The average Bonchev–Trinajstić information content (AvgIpc) is 2.96. The Bertz CT molecular complexity index is 1930. The first-order chi connectivity index (χ1) is 18.5. The number of fused-ring (bicyclic) bond motifs is 5. The smallest absolute Gasteiger partial charge is 0.0991 e. The van der Waals surface area contributed by atoms with Crippen molar-refractivity contribution in [3.8, 4) is 28.6 Å². The lowest BCUT2D eigenvalue weighted by atomic mass is 9.77. The molecule has 0 radical (unpaired) electrons. The topological polar surface area (TPSA) is 49.6 Å². The van der Waals surface area contributed by atoms with Crippen molar-refractivity contribution < 1.29 is 0 Å². The van der Waals surface area contributed by atoms with Crippen LogP contribution < -0.4 is 0 Å². The van der Waals surface area contributed by atoms with E-state index in [0.717, 1.165) is 44.3 Å². The number of nitrogens with zero attached hydrogens (tertiary/aromatic N) is 3. The van der Waals surface area contributed by atoms with Gasteiger partial charge in [-0.1, -0.05) is 86.3 Å². The normalized spacial score (nSPS) is 13.6. The van der Waals surface area contributed by atoms with E-state index in [-0.39, 0.29) is 5.41 Å². The van der Waals surface area contributed by atoms with Crippen LogP contribution in [0.4, 0.5) is 0 Å². The maximum Gasteiger partial charge on any atom is 0.0991 e. The largest absolute Gasteiger partial charge is 0.245 e. The van der Waals surface area contributed by atoms with Gasteiger partial charge < -0.3 is 0 Å². The van der Waals surface area contributed by atoms with Gasteiger partial charge in [0.1, 0.15) is 0 Å². The van der Waals surface area contributed by atoms with Gasteiger partial charge in [-0.15, -0.1) is 0 Å². The van der Waals surface area contributed by atoms with Crippen LogP contribution in [0.2, 0.25) is 0 Å². The zero-order valence-corrected chi connectivity index (χ0v) is 21.9. The molecule has 4 heteroatoms. The molecule has 1 aliphatic rings. The molecule has 7 rings (SSSR count). The van der Waals surface area contributed by atoms with Gasteiger partial charge in [0, 0.05) is 37.1 Å². The van der Waals surface area contributed by atoms with Gasteiger partial charge in [-0.2, -0.15) is 5.26 Å². The van der Waals surface area contributed by atoms with Crippen molar-refractivity contribution in [1.82, 2.24) is 9.97 Å². The highest BCUT2D eigenvalue weighted by atomic mass is 32.2. The van der Waals surface area contributed by atoms with Crippen LogP contribution in [0.15, 0.2) is 113 Å². The van der Waals surface area contributed by atoms with Crippen LogP contribution in [0.5, 0.6) is 0 Å². The molecule has 3 heterocycles. The number of benzene rings is 4. The van der Waals surface area contributed by atoms with Crippen molar-refractivity contribution >= 4 is 33.6 Å². The highest BCUT2D eigenvalue weighted by Gasteiger charge is 2.33. The number of hydrogen-bond acceptors (Lipinski definition) is 4. The molecule has 2 aromatic heterocycles. The van der Waals surface area contributed by atoms with Crippen LogP contribution in [0, 0.1) is 11.3 Å². The number of rotatable bonds is 2. The molecule has 3 nitrogen and oxygen atoms in total. The number of nitriles is 1. The minimum absolute atomic E-state index is 0.0890. The van der Waals surface area contributed by atoms with Crippen LogP contribution in [-0.2, 0) is 5.41 Å². The quantitative estimate of drug-likeness (QED) is 0.221. The summed E-state index contributed by atoms with van der Waals surface area (Å²) >= 11 is 1.85. The Balaban J connectivity index is 1.36. The second kappa shape index (κ2) is 8.55. The summed E-state index contributed by atoms with van der Waals surface area (Å²) < 4.78 is 0. The third-order valence-corrected chi connectivity index (χ3v) is 8.71. The lowest BCUT2D eigenvalue weighted by molar-refractivity contribution is 0.607. The van der Waals surface area contributed by atoms with E-state index in [1.165, 1.54) is 20.9 Å². The van der Waals surface area contributed by atoms with E-state index < -0.39 is 0 Å². The molecule has 0 amide bonds. The van der Waals surface area contributed by atoms with E-state index in [4.69, 9.17) is 15.2 Å². The summed E-state index contributed by atoms with van der Waals surface area (Å²) in [5.74, 6) is 0. The lowest BCUT2D eigenvalue weighted by Gasteiger charge is -2.34. The molecule has 38 heavy (non-hydrogen) atoms. The van der Waals surface area contributed by atoms with Crippen molar-refractivity contribution in [2.45, 2.75) is 29.1 Å². The molecule has 0 N–H and O–H groups in total. The number of aromatic nitrogens is 2. The minimum atomic E-state index is -0.0890. The molecule has 4 aromatic carbocycles. The van der Waals surface area contributed by atoms with E-state index in [1.807, 2.05) is 42.1 Å². The maximum atomic E-state index is 9.14. The van der Waals surface area contributed by atoms with Gasteiger partial charge in [0.05, 0.1) is 34.1 Å². The first-order valence-corrected chi connectivity index (χ1v) is 13.5. The summed E-state index contributed by atoms with van der Waals surface area (Å²) in [5.41, 5.74) is 8.93. The second-order valence-electron chi connectivity index (χ2n) is 10.2. The van der Waals surface area contributed by atoms with Crippen LogP contribution in [0.3, 0.4) is 0 Å². The highest BCUT2D eigenvalue weighted by Crippen LogP contribution is 2.49. The molecule has 0 saturated heterocycles. The first-order valence-electron chi connectivity index (χ1n) is 12.6. The Morgan fingerprint density at radius 2 is 1.21 bits per heavy atom. The summed E-state index contributed by atoms with van der Waals surface area (Å²) in [6.07, 6.45) is 0. The summed E-state index contributed by atoms with van der Waals surface area (Å²) in [7, 11) is 0. The standard InChI is InChI=1S/C34H23N3S/c1-34(2)26-5-3-4-6-30(26)38-31-18-15-25(19-27(31)34)29-17-14-24-12-11-23-13-16-28(36-32(23)33(24)37-29)22-9-7-21(20-35)8-10-22/h3-19H,1-2H3. The van der Waals surface area contributed by atoms with Crippen LogP contribution in [-0.4, -0.2) is 9.97 Å². The fourth-order valence-electron chi connectivity index (χ4n) is 5.41. The van der Waals surface area contributed by atoms with Gasteiger partial charge in [-0.3, -0.25) is 0 Å². The Labute approximate surface area is 225 Å². The van der Waals surface area contributed by atoms with Crippen molar-refractivity contribution in [3.63, 3.8) is 0 Å². The zero-order chi connectivity index (χ0) is 25.9. The van der Waals surface area contributed by atoms with Gasteiger partial charge in [0.25, 0.3) is 0 Å². The summed E-state index contributed by atoms with van der Waals surface area (Å²) in [6, 6.07) is 37.8. The Morgan fingerprint density at radius 1 is 0.632 bits per heavy atom. The molecule has 0 atom stereocenters. The molecular formula is C34H23N3S. The molecule has 0 bridgehead atoms. The van der Waals surface area contributed by atoms with Gasteiger partial charge in [-0.05, 0) is 53.6 Å². The van der Waals surface area contributed by atoms with Crippen molar-refractivity contribution in [2.75, 3.05) is 0 Å². The molecular weight excluding hydrogens is 482 g/mol.